The Morgan fingerprint density at radius 2 is 1.79 bits per heavy atom. The van der Waals surface area contributed by atoms with Crippen LogP contribution in [0.4, 0.5) is 0 Å². The highest BCUT2D eigenvalue weighted by Crippen LogP contribution is 2.21. The molecule has 0 bridgehead atoms. The van der Waals surface area contributed by atoms with Crippen molar-refractivity contribution in [1.29, 1.82) is 0 Å². The Hall–Kier alpha value is -3.42. The third kappa shape index (κ3) is 4.46. The van der Waals surface area contributed by atoms with Crippen LogP contribution in [-0.4, -0.2) is 41.1 Å². The minimum Gasteiger partial charge on any atom is -0.481 e. The number of carbonyl (C=O) groups excluding carboxylic acids is 4. The summed E-state index contributed by atoms with van der Waals surface area (Å²) in [6.07, 6.45) is -1.08. The summed E-state index contributed by atoms with van der Waals surface area (Å²) < 4.78 is 10.4. The molecule has 0 aliphatic heterocycles. The van der Waals surface area contributed by atoms with Crippen LogP contribution in [0.5, 0.6) is 5.75 Å². The predicted octanol–water partition coefficient (Wildman–Crippen LogP) is 2.13. The number of amides is 1. The van der Waals surface area contributed by atoms with Gasteiger partial charge in [-0.1, -0.05) is 12.1 Å². The molecule has 1 heterocycles. The summed E-state index contributed by atoms with van der Waals surface area (Å²) in [5.74, 6) is -1.94. The summed E-state index contributed by atoms with van der Waals surface area (Å²) in [5, 5.41) is 0. The number of nitrogens with two attached hydrogens (primary N) is 1. The highest BCUT2D eigenvalue weighted by molar-refractivity contribution is 6.05. The second kappa shape index (κ2) is 8.51. The minimum atomic E-state index is -1.08. The molecule has 0 unspecified atom stereocenters. The van der Waals surface area contributed by atoms with Gasteiger partial charge in [0.1, 0.15) is 5.75 Å². The van der Waals surface area contributed by atoms with Crippen LogP contribution in [0.1, 0.15) is 56.3 Å². The Balaban J connectivity index is 2.03. The number of carbonyl (C=O) groups is 4. The number of hydrogen-bond acceptors (Lipinski definition) is 6. The van der Waals surface area contributed by atoms with E-state index in [9.17, 15) is 19.2 Å². The van der Waals surface area contributed by atoms with Gasteiger partial charge < -0.3 is 20.2 Å². The molecule has 3 N–H and O–H groups in total. The fraction of sp³-hybridized carbons (Fsp3) is 0.300. The molecule has 2 rings (SSSR count). The van der Waals surface area contributed by atoms with Crippen LogP contribution in [0.25, 0.3) is 0 Å². The number of nitrogens with one attached hydrogen (secondary N) is 1. The Kier molecular flexibility index (Phi) is 6.35. The molecule has 148 valence electrons. The third-order valence-electron chi connectivity index (χ3n) is 4.21. The lowest BCUT2D eigenvalue weighted by atomic mass is 10.0. The lowest BCUT2D eigenvalue weighted by Gasteiger charge is -2.13. The quantitative estimate of drug-likeness (QED) is 0.528. The number of aromatic amines is 1. The average Bonchev–Trinajstić information content (AvgIpc) is 2.93. The molecule has 0 aliphatic rings. The molecular formula is C20H22N2O6. The molecule has 8 heteroatoms. The Bertz CT molecular complexity index is 944. The van der Waals surface area contributed by atoms with Crippen molar-refractivity contribution in [1.82, 2.24) is 4.98 Å². The first-order valence-electron chi connectivity index (χ1n) is 8.58. The van der Waals surface area contributed by atoms with Gasteiger partial charge in [0, 0.05) is 11.3 Å². The number of primary amides is 1. The van der Waals surface area contributed by atoms with Gasteiger partial charge in [0.15, 0.2) is 18.5 Å². The van der Waals surface area contributed by atoms with Crippen molar-refractivity contribution in [3.63, 3.8) is 0 Å². The molecule has 1 atom stereocenters. The fourth-order valence-corrected chi connectivity index (χ4v) is 2.95. The standard InChI is InChI=1S/C20H22N2O6/c1-10-17(12(3)23)11(2)22-18(10)19(25)13(4)28-16(24)9-27-15-8-6-5-7-14(15)20(21)26/h5-8,13,22H,9H2,1-4H3,(H2,21,26)/t13-/m1/s1. The van der Waals surface area contributed by atoms with Crippen molar-refractivity contribution in [2.45, 2.75) is 33.8 Å². The molecule has 0 spiro atoms. The lowest BCUT2D eigenvalue weighted by Crippen LogP contribution is -2.28. The number of rotatable bonds is 8. The van der Waals surface area contributed by atoms with Crippen LogP contribution in [0.3, 0.4) is 0 Å². The molecule has 8 nitrogen and oxygen atoms in total. The molecule has 1 amide bonds. The van der Waals surface area contributed by atoms with Gasteiger partial charge in [-0.2, -0.15) is 0 Å². The average molecular weight is 386 g/mol. The van der Waals surface area contributed by atoms with Gasteiger partial charge in [0.2, 0.25) is 5.78 Å². The Labute approximate surface area is 162 Å². The topological polar surface area (TPSA) is 129 Å². The van der Waals surface area contributed by atoms with Crippen molar-refractivity contribution in [3.8, 4) is 5.75 Å². The van der Waals surface area contributed by atoms with Crippen LogP contribution in [-0.2, 0) is 9.53 Å². The monoisotopic (exact) mass is 386 g/mol. The molecule has 1 aromatic carbocycles. The van der Waals surface area contributed by atoms with Crippen LogP contribution in [0.2, 0.25) is 0 Å². The SMILES string of the molecule is CC(=O)c1c(C)[nH]c(C(=O)[C@@H](C)OC(=O)COc2ccccc2C(N)=O)c1C. The maximum Gasteiger partial charge on any atom is 0.344 e. The number of Topliss-reactive ketones (excluding diaryl/α,β-unsaturated/α-hetero) is 2. The van der Waals surface area contributed by atoms with E-state index in [4.69, 9.17) is 15.2 Å². The molecule has 0 aliphatic carbocycles. The molecule has 1 aromatic heterocycles. The molecule has 0 saturated carbocycles. The maximum atomic E-state index is 12.6. The van der Waals surface area contributed by atoms with Gasteiger partial charge in [0.25, 0.3) is 5.91 Å². The van der Waals surface area contributed by atoms with Gasteiger partial charge in [-0.25, -0.2) is 4.79 Å². The van der Waals surface area contributed by atoms with E-state index in [1.807, 2.05) is 0 Å². The highest BCUT2D eigenvalue weighted by Gasteiger charge is 2.26. The van der Waals surface area contributed by atoms with Crippen LogP contribution < -0.4 is 10.5 Å². The number of hydrogen-bond donors (Lipinski definition) is 2. The number of para-hydroxylation sites is 1. The summed E-state index contributed by atoms with van der Waals surface area (Å²) in [6, 6.07) is 6.21. The molecular weight excluding hydrogens is 364 g/mol. The zero-order valence-electron chi connectivity index (χ0n) is 16.1. The van der Waals surface area contributed by atoms with Gasteiger partial charge >= 0.3 is 5.97 Å². The van der Waals surface area contributed by atoms with E-state index in [2.05, 4.69) is 4.98 Å². The molecule has 0 radical (unpaired) electrons. The predicted molar refractivity (Wildman–Crippen MR) is 101 cm³/mol. The number of benzene rings is 1. The Morgan fingerprint density at radius 3 is 2.36 bits per heavy atom. The smallest absolute Gasteiger partial charge is 0.344 e. The number of aromatic nitrogens is 1. The first-order valence-corrected chi connectivity index (χ1v) is 8.58. The second-order valence-corrected chi connectivity index (χ2v) is 6.33. The van der Waals surface area contributed by atoms with E-state index in [1.165, 1.54) is 26.0 Å². The van der Waals surface area contributed by atoms with Crippen LogP contribution in [0.15, 0.2) is 24.3 Å². The summed E-state index contributed by atoms with van der Waals surface area (Å²) >= 11 is 0. The summed E-state index contributed by atoms with van der Waals surface area (Å²) in [6.45, 7) is 5.71. The first kappa shape index (κ1) is 20.9. The number of aryl methyl sites for hydroxylation is 1. The van der Waals surface area contributed by atoms with Gasteiger partial charge in [-0.15, -0.1) is 0 Å². The van der Waals surface area contributed by atoms with Crippen LogP contribution >= 0.6 is 0 Å². The van der Waals surface area contributed by atoms with Crippen molar-refractivity contribution >= 4 is 23.4 Å². The van der Waals surface area contributed by atoms with E-state index >= 15 is 0 Å². The molecule has 28 heavy (non-hydrogen) atoms. The lowest BCUT2D eigenvalue weighted by molar-refractivity contribution is -0.148. The Morgan fingerprint density at radius 1 is 1.14 bits per heavy atom. The third-order valence-corrected chi connectivity index (χ3v) is 4.21. The first-order chi connectivity index (χ1) is 13.1. The van der Waals surface area contributed by atoms with Crippen molar-refractivity contribution in [3.05, 3.63) is 52.3 Å². The summed E-state index contributed by atoms with van der Waals surface area (Å²) in [5.41, 5.74) is 7.16. The zero-order chi connectivity index (χ0) is 21.0. The van der Waals surface area contributed by atoms with E-state index < -0.39 is 30.4 Å². The van der Waals surface area contributed by atoms with Crippen molar-refractivity contribution in [2.24, 2.45) is 5.73 Å². The van der Waals surface area contributed by atoms with Crippen molar-refractivity contribution < 1.29 is 28.7 Å². The van der Waals surface area contributed by atoms with Gasteiger partial charge in [-0.3, -0.25) is 14.4 Å². The normalized spacial score (nSPS) is 11.6. The second-order valence-electron chi connectivity index (χ2n) is 6.33. The largest absolute Gasteiger partial charge is 0.481 e. The van der Waals surface area contributed by atoms with Crippen LogP contribution in [0, 0.1) is 13.8 Å². The van der Waals surface area contributed by atoms with E-state index in [-0.39, 0.29) is 22.8 Å². The van der Waals surface area contributed by atoms with E-state index in [0.29, 0.717) is 16.8 Å². The highest BCUT2D eigenvalue weighted by atomic mass is 16.6. The van der Waals surface area contributed by atoms with E-state index in [0.717, 1.165) is 0 Å². The fourth-order valence-electron chi connectivity index (χ4n) is 2.95. The zero-order valence-corrected chi connectivity index (χ0v) is 16.1. The van der Waals surface area contributed by atoms with Crippen molar-refractivity contribution in [2.75, 3.05) is 6.61 Å². The molecule has 0 fully saturated rings. The number of ether oxygens (including phenoxy) is 2. The maximum absolute atomic E-state index is 12.6. The molecule has 0 saturated heterocycles. The summed E-state index contributed by atoms with van der Waals surface area (Å²) in [4.78, 5) is 50.5. The summed E-state index contributed by atoms with van der Waals surface area (Å²) in [7, 11) is 0. The molecule has 2 aromatic rings. The number of esters is 1. The van der Waals surface area contributed by atoms with E-state index in [1.54, 1.807) is 26.0 Å². The minimum absolute atomic E-state index is 0.133. The number of H-pyrrole nitrogens is 1. The number of ketones is 2. The van der Waals surface area contributed by atoms with Gasteiger partial charge in [-0.05, 0) is 45.4 Å². The van der Waals surface area contributed by atoms with Gasteiger partial charge in [0.05, 0.1) is 11.3 Å².